The highest BCUT2D eigenvalue weighted by Gasteiger charge is 2.26. The smallest absolute Gasteiger partial charge is 0.232 e. The van der Waals surface area contributed by atoms with E-state index in [2.05, 4.69) is 98.6 Å². The van der Waals surface area contributed by atoms with Gasteiger partial charge in [0.2, 0.25) is 5.95 Å². The Bertz CT molecular complexity index is 1420. The molecule has 0 radical (unpaired) electrons. The van der Waals surface area contributed by atoms with Crippen molar-refractivity contribution < 1.29 is 4.74 Å². The fourth-order valence-electron chi connectivity index (χ4n) is 5.83. The summed E-state index contributed by atoms with van der Waals surface area (Å²) in [5.41, 5.74) is 5.90. The molecule has 0 amide bonds. The maximum atomic E-state index is 6.85. The topological polar surface area (TPSA) is 62.0 Å². The van der Waals surface area contributed by atoms with E-state index in [1.54, 1.807) is 6.20 Å². The molecule has 2 aromatic carbocycles. The first kappa shape index (κ1) is 24.4. The predicted molar refractivity (Wildman–Crippen MR) is 150 cm³/mol. The van der Waals surface area contributed by atoms with Crippen molar-refractivity contribution in [3.05, 3.63) is 47.6 Å². The SMILES string of the molecule is C[C@@H]1CN(c2nnc3cnc4ccc(-c5ccc(N6CCC(N(C)C)CC6)c(Cl)c5)cc4n23)C[C@H](C)O1. The van der Waals surface area contributed by atoms with Crippen LogP contribution in [0.4, 0.5) is 11.6 Å². The number of morpholine rings is 1. The molecule has 2 fully saturated rings. The van der Waals surface area contributed by atoms with E-state index >= 15 is 0 Å². The summed E-state index contributed by atoms with van der Waals surface area (Å²) in [7, 11) is 4.33. The Morgan fingerprint density at radius 3 is 2.32 bits per heavy atom. The summed E-state index contributed by atoms with van der Waals surface area (Å²) in [5, 5.41) is 9.77. The highest BCUT2D eigenvalue weighted by molar-refractivity contribution is 6.33. The van der Waals surface area contributed by atoms with Gasteiger partial charge in [0.15, 0.2) is 5.65 Å². The fourth-order valence-corrected chi connectivity index (χ4v) is 6.13. The van der Waals surface area contributed by atoms with Gasteiger partial charge >= 0.3 is 0 Å². The second-order valence-corrected chi connectivity index (χ2v) is 11.1. The number of benzene rings is 2. The molecule has 0 N–H and O–H groups in total. The number of hydrogen-bond acceptors (Lipinski definition) is 7. The zero-order valence-corrected chi connectivity index (χ0v) is 22.7. The molecule has 0 unspecified atom stereocenters. The number of hydrogen-bond donors (Lipinski definition) is 0. The second kappa shape index (κ2) is 9.74. The summed E-state index contributed by atoms with van der Waals surface area (Å²) in [6, 6.07) is 13.4. The van der Waals surface area contributed by atoms with Gasteiger partial charge in [-0.2, -0.15) is 0 Å². The average molecular weight is 520 g/mol. The number of aromatic nitrogens is 4. The molecule has 0 aliphatic carbocycles. The molecule has 194 valence electrons. The van der Waals surface area contributed by atoms with E-state index in [-0.39, 0.29) is 12.2 Å². The van der Waals surface area contributed by atoms with Gasteiger partial charge in [0, 0.05) is 32.2 Å². The number of halogens is 1. The van der Waals surface area contributed by atoms with Crippen molar-refractivity contribution in [2.24, 2.45) is 0 Å². The third-order valence-electron chi connectivity index (χ3n) is 7.73. The zero-order chi connectivity index (χ0) is 25.7. The second-order valence-electron chi connectivity index (χ2n) is 10.7. The van der Waals surface area contributed by atoms with Gasteiger partial charge in [-0.3, -0.25) is 9.38 Å². The van der Waals surface area contributed by atoms with E-state index in [9.17, 15) is 0 Å². The molecule has 0 spiro atoms. The Kier molecular flexibility index (Phi) is 6.42. The summed E-state index contributed by atoms with van der Waals surface area (Å²) in [6.07, 6.45) is 4.36. The molecule has 0 saturated carbocycles. The minimum Gasteiger partial charge on any atom is -0.372 e. The zero-order valence-electron chi connectivity index (χ0n) is 21.9. The van der Waals surface area contributed by atoms with Crippen molar-refractivity contribution in [3.8, 4) is 11.1 Å². The van der Waals surface area contributed by atoms with Crippen LogP contribution in [0.3, 0.4) is 0 Å². The van der Waals surface area contributed by atoms with Crippen LogP contribution in [0.5, 0.6) is 0 Å². The molecular formula is C28H34ClN7O. The normalized spacial score (nSPS) is 21.5. The van der Waals surface area contributed by atoms with Crippen LogP contribution < -0.4 is 9.80 Å². The predicted octanol–water partition coefficient (Wildman–Crippen LogP) is 4.74. The fraction of sp³-hybridized carbons (Fsp3) is 0.464. The third kappa shape index (κ3) is 4.62. The standard InChI is InChI=1S/C28H34ClN7O/c1-18-16-35(17-19(2)37-18)28-32-31-27-15-30-24-7-5-21(14-26(24)36(27)28)20-6-8-25(23(29)13-20)34-11-9-22(10-12-34)33(3)4/h5-8,13-15,18-19,22H,9-12,16-17H2,1-4H3/t18-,19+. The van der Waals surface area contributed by atoms with Crippen LogP contribution in [0.2, 0.25) is 5.02 Å². The van der Waals surface area contributed by atoms with Gasteiger partial charge < -0.3 is 19.4 Å². The van der Waals surface area contributed by atoms with Crippen LogP contribution in [0.15, 0.2) is 42.6 Å². The lowest BCUT2D eigenvalue weighted by Gasteiger charge is -2.37. The van der Waals surface area contributed by atoms with Gasteiger partial charge in [0.05, 0.1) is 40.1 Å². The van der Waals surface area contributed by atoms with Gasteiger partial charge in [-0.05, 0) is 76.2 Å². The van der Waals surface area contributed by atoms with Gasteiger partial charge in [0.1, 0.15) is 0 Å². The molecule has 8 nitrogen and oxygen atoms in total. The van der Waals surface area contributed by atoms with Crippen LogP contribution in [0.25, 0.3) is 27.8 Å². The minimum absolute atomic E-state index is 0.133. The van der Waals surface area contributed by atoms with Crippen molar-refractivity contribution in [1.29, 1.82) is 0 Å². The van der Waals surface area contributed by atoms with E-state index in [0.29, 0.717) is 6.04 Å². The van der Waals surface area contributed by atoms with Crippen molar-refractivity contribution >= 4 is 39.9 Å². The maximum Gasteiger partial charge on any atom is 0.232 e. The summed E-state index contributed by atoms with van der Waals surface area (Å²) in [5.74, 6) is 0.830. The number of fused-ring (bicyclic) bond motifs is 3. The first-order chi connectivity index (χ1) is 17.9. The molecule has 2 atom stereocenters. The molecule has 2 aliphatic heterocycles. The summed E-state index contributed by atoms with van der Waals surface area (Å²) >= 11 is 6.85. The molecule has 4 aromatic rings. The molecule has 0 bridgehead atoms. The highest BCUT2D eigenvalue weighted by atomic mass is 35.5. The number of nitrogens with zero attached hydrogens (tertiary/aromatic N) is 7. The van der Waals surface area contributed by atoms with E-state index in [0.717, 1.165) is 83.5 Å². The molecule has 2 aromatic heterocycles. The highest BCUT2D eigenvalue weighted by Crippen LogP contribution is 2.34. The molecule has 6 rings (SSSR count). The van der Waals surface area contributed by atoms with Crippen LogP contribution in [0, 0.1) is 0 Å². The van der Waals surface area contributed by atoms with Gasteiger partial charge in [-0.15, -0.1) is 10.2 Å². The van der Waals surface area contributed by atoms with Crippen molar-refractivity contribution in [2.45, 2.75) is 44.9 Å². The summed E-state index contributed by atoms with van der Waals surface area (Å²) < 4.78 is 8.05. The van der Waals surface area contributed by atoms with Crippen molar-refractivity contribution in [1.82, 2.24) is 24.5 Å². The molecule has 37 heavy (non-hydrogen) atoms. The third-order valence-corrected chi connectivity index (χ3v) is 8.03. The summed E-state index contributed by atoms with van der Waals surface area (Å²) in [4.78, 5) is 11.6. The largest absolute Gasteiger partial charge is 0.372 e. The molecular weight excluding hydrogens is 486 g/mol. The van der Waals surface area contributed by atoms with E-state index in [1.807, 2.05) is 0 Å². The summed E-state index contributed by atoms with van der Waals surface area (Å²) in [6.45, 7) is 7.80. The Hall–Kier alpha value is -2.94. The lowest BCUT2D eigenvalue weighted by molar-refractivity contribution is -0.00575. The van der Waals surface area contributed by atoms with Crippen LogP contribution in [-0.2, 0) is 4.74 Å². The maximum absolute atomic E-state index is 6.85. The van der Waals surface area contributed by atoms with E-state index < -0.39 is 0 Å². The van der Waals surface area contributed by atoms with Gasteiger partial charge in [-0.25, -0.2) is 0 Å². The number of anilines is 2. The Labute approximate surface area is 222 Å². The van der Waals surface area contributed by atoms with E-state index in [1.165, 1.54) is 0 Å². The first-order valence-corrected chi connectivity index (χ1v) is 13.5. The Morgan fingerprint density at radius 1 is 0.919 bits per heavy atom. The van der Waals surface area contributed by atoms with Gasteiger partial charge in [0.25, 0.3) is 0 Å². The minimum atomic E-state index is 0.133. The van der Waals surface area contributed by atoms with Crippen molar-refractivity contribution in [2.75, 3.05) is 50.1 Å². The average Bonchev–Trinajstić information content (AvgIpc) is 3.33. The van der Waals surface area contributed by atoms with Crippen LogP contribution in [-0.4, -0.2) is 83.0 Å². The van der Waals surface area contributed by atoms with Crippen molar-refractivity contribution in [3.63, 3.8) is 0 Å². The molecule has 9 heteroatoms. The van der Waals surface area contributed by atoms with Gasteiger partial charge in [-0.1, -0.05) is 23.7 Å². The van der Waals surface area contributed by atoms with Crippen LogP contribution in [0.1, 0.15) is 26.7 Å². The number of piperidine rings is 1. The molecule has 2 saturated heterocycles. The lowest BCUT2D eigenvalue weighted by atomic mass is 10.0. The molecule has 4 heterocycles. The number of rotatable bonds is 4. The Morgan fingerprint density at radius 2 is 1.62 bits per heavy atom. The quantitative estimate of drug-likeness (QED) is 0.386. The van der Waals surface area contributed by atoms with Crippen LogP contribution >= 0.6 is 11.6 Å². The first-order valence-electron chi connectivity index (χ1n) is 13.1. The number of ether oxygens (including phenoxy) is 1. The molecule has 2 aliphatic rings. The lowest BCUT2D eigenvalue weighted by Crippen LogP contribution is -2.46. The Balaban J connectivity index is 1.34. The van der Waals surface area contributed by atoms with E-state index in [4.69, 9.17) is 16.3 Å². The monoisotopic (exact) mass is 519 g/mol.